The summed E-state index contributed by atoms with van der Waals surface area (Å²) in [5.74, 6) is 2.92. The number of hydrogen-bond acceptors (Lipinski definition) is 7. The second-order valence-corrected chi connectivity index (χ2v) is 10.1. The molecule has 0 saturated heterocycles. The van der Waals surface area contributed by atoms with Crippen molar-refractivity contribution in [2.45, 2.75) is 62.7 Å². The minimum absolute atomic E-state index is 0.846. The third kappa shape index (κ3) is 2.77. The molecule has 0 N–H and O–H groups in total. The second-order valence-electron chi connectivity index (χ2n) is 6.85. The van der Waals surface area contributed by atoms with Crippen molar-refractivity contribution < 1.29 is 0 Å². The summed E-state index contributed by atoms with van der Waals surface area (Å²) >= 11 is 5.44. The Morgan fingerprint density at radius 1 is 0.889 bits per heavy atom. The van der Waals surface area contributed by atoms with E-state index >= 15 is 0 Å². The minimum atomic E-state index is 0.846. The van der Waals surface area contributed by atoms with Gasteiger partial charge in [-0.3, -0.25) is 0 Å². The lowest BCUT2D eigenvalue weighted by Crippen LogP contribution is -2.01. The maximum atomic E-state index is 4.61. The molecule has 4 aromatic heterocycles. The number of fused-ring (bicyclic) bond motifs is 8. The van der Waals surface area contributed by atoms with E-state index in [0.717, 1.165) is 52.5 Å². The fourth-order valence-corrected chi connectivity index (χ4v) is 6.72. The Kier molecular flexibility index (Phi) is 4.77. The van der Waals surface area contributed by atoms with Crippen molar-refractivity contribution in [3.05, 3.63) is 10.4 Å². The topological polar surface area (TPSA) is 60.4 Å². The quantitative estimate of drug-likeness (QED) is 0.416. The van der Waals surface area contributed by atoms with E-state index in [9.17, 15) is 0 Å². The third-order valence-corrected chi connectivity index (χ3v) is 8.45. The zero-order chi connectivity index (χ0) is 18.4. The lowest BCUT2D eigenvalue weighted by atomic mass is 9.97. The zero-order valence-electron chi connectivity index (χ0n) is 15.6. The molecule has 0 amide bonds. The van der Waals surface area contributed by atoms with Gasteiger partial charge >= 0.3 is 0 Å². The van der Waals surface area contributed by atoms with Crippen LogP contribution in [-0.4, -0.2) is 40.7 Å². The van der Waals surface area contributed by atoms with Crippen molar-refractivity contribution in [2.75, 3.05) is 11.5 Å². The zero-order valence-corrected chi connectivity index (χ0v) is 18.0. The Bertz CT molecular complexity index is 1130. The first-order chi connectivity index (χ1) is 13.3. The molecule has 0 saturated carbocycles. The third-order valence-electron chi connectivity index (χ3n) is 4.90. The van der Waals surface area contributed by atoms with E-state index in [1.165, 1.54) is 39.9 Å². The number of nitrogens with zero attached hydrogens (tertiary/aromatic N) is 6. The standard InChI is InChI=1S/C18H22N6S3/c1-3-9-25-17-21-19-14-13-11-7-5-6-8-12(11)27-15(13)24-16(23(14)17)20-22-18(24)26-10-4-2/h3-10H2,1-2H3. The van der Waals surface area contributed by atoms with E-state index in [0.29, 0.717) is 0 Å². The highest BCUT2D eigenvalue weighted by molar-refractivity contribution is 7.99. The number of thioether (sulfide) groups is 2. The molecular formula is C18H22N6S3. The Hall–Kier alpha value is -1.32. The van der Waals surface area contributed by atoms with Gasteiger partial charge in [-0.25, -0.2) is 8.80 Å². The van der Waals surface area contributed by atoms with Crippen LogP contribution in [0, 0.1) is 0 Å². The van der Waals surface area contributed by atoms with E-state index in [1.807, 2.05) is 11.3 Å². The van der Waals surface area contributed by atoms with Crippen LogP contribution >= 0.6 is 34.9 Å². The van der Waals surface area contributed by atoms with Gasteiger partial charge < -0.3 is 0 Å². The van der Waals surface area contributed by atoms with Crippen molar-refractivity contribution in [2.24, 2.45) is 0 Å². The molecule has 0 spiro atoms. The Morgan fingerprint density at radius 2 is 1.59 bits per heavy atom. The minimum Gasteiger partial charge on any atom is -0.245 e. The SMILES string of the molecule is CCCSc1nnc2c3c4c(sc3n3c(SCCC)nnc3n12)CCCC4. The Balaban J connectivity index is 1.87. The normalized spacial score (nSPS) is 14.6. The van der Waals surface area contributed by atoms with E-state index in [1.54, 1.807) is 23.5 Å². The van der Waals surface area contributed by atoms with Gasteiger partial charge in [0.15, 0.2) is 16.0 Å². The molecule has 0 bridgehead atoms. The summed E-state index contributed by atoms with van der Waals surface area (Å²) in [6.07, 6.45) is 7.08. The van der Waals surface area contributed by atoms with Gasteiger partial charge in [0.05, 0.1) is 5.39 Å². The van der Waals surface area contributed by atoms with Gasteiger partial charge in [-0.1, -0.05) is 37.4 Å². The van der Waals surface area contributed by atoms with Crippen LogP contribution in [0.4, 0.5) is 0 Å². The molecule has 1 aliphatic carbocycles. The van der Waals surface area contributed by atoms with Crippen LogP contribution in [0.1, 0.15) is 50.0 Å². The first-order valence-electron chi connectivity index (χ1n) is 9.65. The van der Waals surface area contributed by atoms with E-state index in [4.69, 9.17) is 0 Å². The summed E-state index contributed by atoms with van der Waals surface area (Å²) in [5, 5.41) is 21.4. The lowest BCUT2D eigenvalue weighted by molar-refractivity contribution is 0.700. The maximum Gasteiger partial charge on any atom is 0.245 e. The van der Waals surface area contributed by atoms with Gasteiger partial charge in [-0.2, -0.15) is 0 Å². The fraction of sp³-hybridized carbons (Fsp3) is 0.556. The number of hydrogen-bond donors (Lipinski definition) is 0. The molecule has 4 heterocycles. The van der Waals surface area contributed by atoms with Crippen molar-refractivity contribution >= 4 is 56.5 Å². The van der Waals surface area contributed by atoms with E-state index in [-0.39, 0.29) is 0 Å². The molecule has 9 heteroatoms. The smallest absolute Gasteiger partial charge is 0.245 e. The number of thiophene rings is 1. The molecule has 27 heavy (non-hydrogen) atoms. The monoisotopic (exact) mass is 418 g/mol. The van der Waals surface area contributed by atoms with Gasteiger partial charge in [-0.05, 0) is 44.1 Å². The summed E-state index contributed by atoms with van der Waals surface area (Å²) in [4.78, 5) is 2.75. The van der Waals surface area contributed by atoms with E-state index in [2.05, 4.69) is 43.0 Å². The molecule has 0 aliphatic heterocycles. The van der Waals surface area contributed by atoms with Gasteiger partial charge in [-0.15, -0.1) is 31.7 Å². The summed E-state index contributed by atoms with van der Waals surface area (Å²) in [6.45, 7) is 4.39. The predicted octanol–water partition coefficient (Wildman–Crippen LogP) is 4.87. The average molecular weight is 419 g/mol. The van der Waals surface area contributed by atoms with Crippen molar-refractivity contribution in [1.29, 1.82) is 0 Å². The molecule has 142 valence electrons. The van der Waals surface area contributed by atoms with Crippen molar-refractivity contribution in [3.63, 3.8) is 0 Å². The van der Waals surface area contributed by atoms with Crippen LogP contribution < -0.4 is 0 Å². The number of rotatable bonds is 6. The van der Waals surface area contributed by atoms with Crippen LogP contribution in [0.3, 0.4) is 0 Å². The molecule has 4 aromatic rings. The first kappa shape index (κ1) is 17.8. The van der Waals surface area contributed by atoms with Gasteiger partial charge in [0, 0.05) is 16.4 Å². The maximum absolute atomic E-state index is 4.61. The molecule has 1 aliphatic rings. The number of aryl methyl sites for hydroxylation is 2. The van der Waals surface area contributed by atoms with Crippen LogP contribution in [0.25, 0.3) is 21.6 Å². The lowest BCUT2D eigenvalue weighted by Gasteiger charge is -2.10. The highest BCUT2D eigenvalue weighted by Crippen LogP contribution is 2.40. The summed E-state index contributed by atoms with van der Waals surface area (Å²) < 4.78 is 4.39. The van der Waals surface area contributed by atoms with Crippen LogP contribution in [0.15, 0.2) is 10.3 Å². The van der Waals surface area contributed by atoms with E-state index < -0.39 is 0 Å². The summed E-state index contributed by atoms with van der Waals surface area (Å²) in [6, 6.07) is 0. The van der Waals surface area contributed by atoms with Crippen LogP contribution in [-0.2, 0) is 12.8 Å². The molecule has 0 atom stereocenters. The molecule has 6 nitrogen and oxygen atoms in total. The number of aromatic nitrogens is 6. The Labute approximate surface area is 170 Å². The molecule has 0 radical (unpaired) electrons. The first-order valence-corrected chi connectivity index (χ1v) is 12.4. The Morgan fingerprint density at radius 3 is 2.37 bits per heavy atom. The predicted molar refractivity (Wildman–Crippen MR) is 114 cm³/mol. The molecule has 5 rings (SSSR count). The van der Waals surface area contributed by atoms with Crippen molar-refractivity contribution in [1.82, 2.24) is 29.2 Å². The van der Waals surface area contributed by atoms with Gasteiger partial charge in [0.1, 0.15) is 4.83 Å². The molecule has 0 aromatic carbocycles. The fourth-order valence-electron chi connectivity index (χ4n) is 3.71. The van der Waals surface area contributed by atoms with Crippen LogP contribution in [0.5, 0.6) is 0 Å². The van der Waals surface area contributed by atoms with Crippen LogP contribution in [0.2, 0.25) is 0 Å². The second kappa shape index (κ2) is 7.25. The largest absolute Gasteiger partial charge is 0.245 e. The van der Waals surface area contributed by atoms with Gasteiger partial charge in [0.2, 0.25) is 5.78 Å². The summed E-state index contributed by atoms with van der Waals surface area (Å²) in [5.41, 5.74) is 2.43. The molecule has 0 unspecified atom stereocenters. The molecular weight excluding hydrogens is 396 g/mol. The van der Waals surface area contributed by atoms with Gasteiger partial charge in [0.25, 0.3) is 0 Å². The average Bonchev–Trinajstić information content (AvgIpc) is 3.38. The summed E-state index contributed by atoms with van der Waals surface area (Å²) in [7, 11) is 0. The van der Waals surface area contributed by atoms with Crippen molar-refractivity contribution in [3.8, 4) is 0 Å². The molecule has 0 fully saturated rings. The highest BCUT2D eigenvalue weighted by atomic mass is 32.2. The highest BCUT2D eigenvalue weighted by Gasteiger charge is 2.26.